The average molecular weight is 355 g/mol. The Morgan fingerprint density at radius 1 is 1.28 bits per heavy atom. The lowest BCUT2D eigenvalue weighted by Gasteiger charge is -2.06. The normalized spacial score (nSPS) is 11.8. The first-order valence-corrected chi connectivity index (χ1v) is 8.46. The van der Waals surface area contributed by atoms with Gasteiger partial charge in [0, 0.05) is 22.1 Å². The molecule has 3 aromatic rings. The molecule has 0 spiro atoms. The molecule has 0 amide bonds. The second-order valence-corrected chi connectivity index (χ2v) is 6.96. The van der Waals surface area contributed by atoms with E-state index in [4.69, 9.17) is 0 Å². The lowest BCUT2D eigenvalue weighted by atomic mass is 10.1. The highest BCUT2D eigenvalue weighted by atomic mass is 32.1. The van der Waals surface area contributed by atoms with Gasteiger partial charge in [-0.1, -0.05) is 12.1 Å². The number of hydrogen-bond acceptors (Lipinski definition) is 7. The fourth-order valence-corrected chi connectivity index (χ4v) is 3.50. The van der Waals surface area contributed by atoms with E-state index in [0.717, 1.165) is 15.8 Å². The Kier molecular flexibility index (Phi) is 4.45. The third kappa shape index (κ3) is 3.20. The zero-order valence-corrected chi connectivity index (χ0v) is 15.1. The van der Waals surface area contributed by atoms with Gasteiger partial charge in [0.05, 0.1) is 16.0 Å². The van der Waals surface area contributed by atoms with E-state index in [0.29, 0.717) is 22.7 Å². The van der Waals surface area contributed by atoms with E-state index in [-0.39, 0.29) is 10.6 Å². The maximum atomic E-state index is 11.1. The van der Waals surface area contributed by atoms with Gasteiger partial charge in [0.15, 0.2) is 5.82 Å². The van der Waals surface area contributed by atoms with E-state index in [9.17, 15) is 10.1 Å². The van der Waals surface area contributed by atoms with Crippen molar-refractivity contribution in [2.75, 3.05) is 5.43 Å². The van der Waals surface area contributed by atoms with Gasteiger partial charge >= 0.3 is 0 Å². The quantitative estimate of drug-likeness (QED) is 0.426. The molecule has 0 unspecified atom stereocenters. The lowest BCUT2D eigenvalue weighted by molar-refractivity contribution is -0.385. The fourth-order valence-electron chi connectivity index (χ4n) is 2.50. The minimum atomic E-state index is -0.384. The number of aromatic nitrogens is 2. The predicted molar refractivity (Wildman–Crippen MR) is 101 cm³/mol. The van der Waals surface area contributed by atoms with Gasteiger partial charge in [-0.25, -0.2) is 9.97 Å². The monoisotopic (exact) mass is 355 g/mol. The number of nitro benzene ring substituents is 1. The first-order valence-electron chi connectivity index (χ1n) is 7.65. The van der Waals surface area contributed by atoms with Crippen molar-refractivity contribution in [2.45, 2.75) is 27.7 Å². The van der Waals surface area contributed by atoms with Crippen LogP contribution in [0.3, 0.4) is 0 Å². The summed E-state index contributed by atoms with van der Waals surface area (Å²) in [6.45, 7) is 7.59. The molecule has 1 N–H and O–H groups in total. The maximum Gasteiger partial charge on any atom is 0.272 e. The van der Waals surface area contributed by atoms with Gasteiger partial charge in [0.1, 0.15) is 11.2 Å². The zero-order valence-electron chi connectivity index (χ0n) is 14.3. The number of thiophene rings is 1. The third-order valence-electron chi connectivity index (χ3n) is 4.12. The molecule has 8 heteroatoms. The smallest absolute Gasteiger partial charge is 0.260 e. The Bertz CT molecular complexity index is 1010. The topological polar surface area (TPSA) is 93.3 Å². The summed E-state index contributed by atoms with van der Waals surface area (Å²) in [5, 5.41) is 16.4. The molecule has 0 aliphatic rings. The molecule has 0 bridgehead atoms. The van der Waals surface area contributed by atoms with E-state index < -0.39 is 0 Å². The number of nitrogens with zero attached hydrogens (tertiary/aromatic N) is 4. The summed E-state index contributed by atoms with van der Waals surface area (Å²) in [6.07, 6.45) is 1.50. The molecule has 0 aliphatic heterocycles. The van der Waals surface area contributed by atoms with Crippen LogP contribution in [0.2, 0.25) is 0 Å². The average Bonchev–Trinajstić information content (AvgIpc) is 2.88. The first-order chi connectivity index (χ1) is 11.9. The van der Waals surface area contributed by atoms with Crippen LogP contribution in [0.5, 0.6) is 0 Å². The van der Waals surface area contributed by atoms with E-state index >= 15 is 0 Å². The number of nitrogens with one attached hydrogen (secondary N) is 1. The molecule has 0 atom stereocenters. The molecule has 0 aliphatic carbocycles. The van der Waals surface area contributed by atoms with E-state index in [1.165, 1.54) is 17.3 Å². The minimum absolute atomic E-state index is 0.0841. The molecule has 1 aromatic carbocycles. The van der Waals surface area contributed by atoms with Crippen LogP contribution in [-0.4, -0.2) is 20.6 Å². The second kappa shape index (κ2) is 6.56. The third-order valence-corrected chi connectivity index (χ3v) is 5.23. The van der Waals surface area contributed by atoms with Crippen LogP contribution in [0.4, 0.5) is 11.5 Å². The van der Waals surface area contributed by atoms with E-state index in [1.54, 1.807) is 31.3 Å². The van der Waals surface area contributed by atoms with Crippen LogP contribution in [0.1, 0.15) is 28.5 Å². The largest absolute Gasteiger partial charge is 0.272 e. The number of hydrazone groups is 1. The van der Waals surface area contributed by atoms with Crippen LogP contribution in [0.15, 0.2) is 29.6 Å². The van der Waals surface area contributed by atoms with E-state index in [2.05, 4.69) is 20.5 Å². The summed E-state index contributed by atoms with van der Waals surface area (Å²) < 4.78 is 0. The number of rotatable bonds is 4. The Hall–Kier alpha value is -2.87. The SMILES string of the molecule is C/C(=N\Nc1ncnc2sc(C)c(C)c12)c1ccc(C)c([N+](=O)[O-])c1. The Morgan fingerprint density at radius 3 is 2.76 bits per heavy atom. The van der Waals surface area contributed by atoms with Gasteiger partial charge in [-0.15, -0.1) is 11.3 Å². The number of hydrogen-bond donors (Lipinski definition) is 1. The highest BCUT2D eigenvalue weighted by Crippen LogP contribution is 2.32. The van der Waals surface area contributed by atoms with Crippen LogP contribution in [0.25, 0.3) is 10.2 Å². The summed E-state index contributed by atoms with van der Waals surface area (Å²) in [4.78, 5) is 21.4. The van der Waals surface area contributed by atoms with Gasteiger partial charge in [-0.05, 0) is 33.3 Å². The Balaban J connectivity index is 1.95. The number of aryl methyl sites for hydroxylation is 3. The summed E-state index contributed by atoms with van der Waals surface area (Å²) in [5.74, 6) is 0.632. The van der Waals surface area contributed by atoms with Crippen LogP contribution in [-0.2, 0) is 0 Å². The molecule has 0 saturated carbocycles. The zero-order chi connectivity index (χ0) is 18.1. The summed E-state index contributed by atoms with van der Waals surface area (Å²) in [5.41, 5.74) is 6.14. The van der Waals surface area contributed by atoms with Crippen molar-refractivity contribution in [3.63, 3.8) is 0 Å². The van der Waals surface area contributed by atoms with E-state index in [1.807, 2.05) is 19.9 Å². The van der Waals surface area contributed by atoms with Gasteiger partial charge < -0.3 is 0 Å². The number of nitro groups is 1. The van der Waals surface area contributed by atoms with Gasteiger partial charge in [0.2, 0.25) is 0 Å². The van der Waals surface area contributed by atoms with Crippen molar-refractivity contribution in [3.05, 3.63) is 56.2 Å². The molecule has 2 aromatic heterocycles. The standard InChI is InChI=1S/C17H17N5O2S/c1-9-5-6-13(7-14(9)22(23)24)11(3)20-21-16-15-10(2)12(4)25-17(15)19-8-18-16/h5-8H,1-4H3,(H,18,19,21)/b20-11+. The van der Waals surface area contributed by atoms with Crippen molar-refractivity contribution in [1.82, 2.24) is 9.97 Å². The molecule has 25 heavy (non-hydrogen) atoms. The highest BCUT2D eigenvalue weighted by molar-refractivity contribution is 7.18. The molecule has 3 rings (SSSR count). The molecular formula is C17H17N5O2S. The summed E-state index contributed by atoms with van der Waals surface area (Å²) >= 11 is 1.62. The molecule has 2 heterocycles. The fraction of sp³-hybridized carbons (Fsp3) is 0.235. The Morgan fingerprint density at radius 2 is 2.04 bits per heavy atom. The number of benzene rings is 1. The van der Waals surface area contributed by atoms with Crippen LogP contribution < -0.4 is 5.43 Å². The van der Waals surface area contributed by atoms with Gasteiger partial charge in [-0.2, -0.15) is 5.10 Å². The van der Waals surface area contributed by atoms with Gasteiger partial charge in [-0.3, -0.25) is 15.5 Å². The minimum Gasteiger partial charge on any atom is -0.260 e. The Labute approximate surface area is 148 Å². The summed E-state index contributed by atoms with van der Waals surface area (Å²) in [7, 11) is 0. The van der Waals surface area contributed by atoms with Crippen molar-refractivity contribution >= 4 is 38.8 Å². The maximum absolute atomic E-state index is 11.1. The molecule has 0 fully saturated rings. The van der Waals surface area contributed by atoms with Gasteiger partial charge in [0.25, 0.3) is 5.69 Å². The van der Waals surface area contributed by atoms with Crippen LogP contribution >= 0.6 is 11.3 Å². The highest BCUT2D eigenvalue weighted by Gasteiger charge is 2.13. The first kappa shape index (κ1) is 17.0. The molecule has 0 saturated heterocycles. The molecule has 0 radical (unpaired) electrons. The lowest BCUT2D eigenvalue weighted by Crippen LogP contribution is -2.03. The predicted octanol–water partition coefficient (Wildman–Crippen LogP) is 4.36. The number of fused-ring (bicyclic) bond motifs is 1. The van der Waals surface area contributed by atoms with Crippen molar-refractivity contribution in [1.29, 1.82) is 0 Å². The van der Waals surface area contributed by atoms with Crippen LogP contribution in [0, 0.1) is 30.9 Å². The number of anilines is 1. The second-order valence-electron chi connectivity index (χ2n) is 5.75. The molecular weight excluding hydrogens is 338 g/mol. The molecule has 128 valence electrons. The van der Waals surface area contributed by atoms with Crippen molar-refractivity contribution in [3.8, 4) is 0 Å². The summed E-state index contributed by atoms with van der Waals surface area (Å²) in [6, 6.07) is 5.07. The van der Waals surface area contributed by atoms with Crippen molar-refractivity contribution < 1.29 is 4.92 Å². The molecule has 7 nitrogen and oxygen atoms in total. The van der Waals surface area contributed by atoms with Crippen molar-refractivity contribution in [2.24, 2.45) is 5.10 Å².